The first-order chi connectivity index (χ1) is 7.86. The molecule has 1 aromatic carbocycles. The van der Waals surface area contributed by atoms with Crippen LogP contribution in [0.15, 0.2) is 24.3 Å². The predicted octanol–water partition coefficient (Wildman–Crippen LogP) is 3.02. The van der Waals surface area contributed by atoms with Gasteiger partial charge in [-0.05, 0) is 37.1 Å². The molecule has 0 aliphatic carbocycles. The zero-order valence-electron chi connectivity index (χ0n) is 10.5. The van der Waals surface area contributed by atoms with Crippen LogP contribution < -0.4 is 10.1 Å². The van der Waals surface area contributed by atoms with Gasteiger partial charge in [0.2, 0.25) is 0 Å². The molecule has 0 spiro atoms. The van der Waals surface area contributed by atoms with Crippen LogP contribution in [0.5, 0.6) is 5.75 Å². The summed E-state index contributed by atoms with van der Waals surface area (Å²) < 4.78 is 5.61. The van der Waals surface area contributed by atoms with Crippen LogP contribution in [0.1, 0.15) is 32.3 Å². The van der Waals surface area contributed by atoms with Gasteiger partial charge in [0.1, 0.15) is 12.4 Å². The highest BCUT2D eigenvalue weighted by molar-refractivity contribution is 5.27. The summed E-state index contributed by atoms with van der Waals surface area (Å²) in [6.45, 7) is 6.97. The number of unbranched alkanes of at least 4 members (excludes halogenated alkanes) is 1. The highest BCUT2D eigenvalue weighted by Crippen LogP contribution is 2.13. The maximum absolute atomic E-state index is 5.61. The number of rotatable bonds is 8. The highest BCUT2D eigenvalue weighted by Gasteiger charge is 1.95. The summed E-state index contributed by atoms with van der Waals surface area (Å²) in [6.07, 6.45) is 3.69. The molecular weight excluding hydrogens is 198 g/mol. The molecule has 0 amide bonds. The molecule has 0 bridgehead atoms. The van der Waals surface area contributed by atoms with Crippen LogP contribution in [0.25, 0.3) is 0 Å². The molecule has 1 aromatic rings. The number of benzene rings is 1. The van der Waals surface area contributed by atoms with Crippen molar-refractivity contribution in [3.05, 3.63) is 29.8 Å². The van der Waals surface area contributed by atoms with Gasteiger partial charge in [-0.3, -0.25) is 0 Å². The molecule has 0 unspecified atom stereocenters. The van der Waals surface area contributed by atoms with Crippen LogP contribution in [0.4, 0.5) is 0 Å². The third-order valence-corrected chi connectivity index (χ3v) is 2.54. The fourth-order valence-electron chi connectivity index (χ4n) is 1.55. The van der Waals surface area contributed by atoms with E-state index in [4.69, 9.17) is 4.74 Å². The van der Waals surface area contributed by atoms with E-state index in [0.29, 0.717) is 0 Å². The van der Waals surface area contributed by atoms with E-state index in [-0.39, 0.29) is 0 Å². The summed E-state index contributed by atoms with van der Waals surface area (Å²) in [5, 5.41) is 3.23. The van der Waals surface area contributed by atoms with Crippen molar-refractivity contribution in [1.82, 2.24) is 5.32 Å². The first-order valence-corrected chi connectivity index (χ1v) is 6.29. The van der Waals surface area contributed by atoms with Gasteiger partial charge in [-0.25, -0.2) is 0 Å². The molecule has 1 rings (SSSR count). The van der Waals surface area contributed by atoms with E-state index in [0.717, 1.165) is 25.4 Å². The van der Waals surface area contributed by atoms with E-state index >= 15 is 0 Å². The van der Waals surface area contributed by atoms with E-state index in [9.17, 15) is 0 Å². The van der Waals surface area contributed by atoms with Gasteiger partial charge >= 0.3 is 0 Å². The lowest BCUT2D eigenvalue weighted by Gasteiger charge is -2.07. The molecule has 0 aliphatic heterocycles. The van der Waals surface area contributed by atoms with Crippen molar-refractivity contribution in [2.24, 2.45) is 0 Å². The van der Waals surface area contributed by atoms with E-state index in [1.807, 2.05) is 0 Å². The third-order valence-electron chi connectivity index (χ3n) is 2.54. The fourth-order valence-corrected chi connectivity index (χ4v) is 1.55. The molecule has 0 aromatic heterocycles. The Hall–Kier alpha value is -1.02. The van der Waals surface area contributed by atoms with Crippen LogP contribution in [0, 0.1) is 0 Å². The van der Waals surface area contributed by atoms with Crippen molar-refractivity contribution in [3.63, 3.8) is 0 Å². The molecule has 0 saturated carbocycles. The molecule has 16 heavy (non-hydrogen) atoms. The Morgan fingerprint density at radius 1 is 1.12 bits per heavy atom. The molecule has 0 radical (unpaired) electrons. The monoisotopic (exact) mass is 221 g/mol. The number of nitrogens with one attached hydrogen (secondary N) is 1. The van der Waals surface area contributed by atoms with E-state index < -0.39 is 0 Å². The van der Waals surface area contributed by atoms with E-state index in [1.165, 1.54) is 24.8 Å². The molecule has 0 aliphatic rings. The largest absolute Gasteiger partial charge is 0.492 e. The lowest BCUT2D eigenvalue weighted by Crippen LogP contribution is -2.20. The van der Waals surface area contributed by atoms with Crippen molar-refractivity contribution in [2.45, 2.75) is 33.1 Å². The third kappa shape index (κ3) is 5.17. The molecule has 2 nitrogen and oxygen atoms in total. The highest BCUT2D eigenvalue weighted by atomic mass is 16.5. The van der Waals surface area contributed by atoms with E-state index in [2.05, 4.69) is 43.4 Å². The van der Waals surface area contributed by atoms with Crippen molar-refractivity contribution < 1.29 is 4.74 Å². The number of likely N-dealkylation sites (N-methyl/N-ethyl adjacent to an activating group) is 1. The summed E-state index contributed by atoms with van der Waals surface area (Å²) >= 11 is 0. The van der Waals surface area contributed by atoms with Crippen molar-refractivity contribution in [3.8, 4) is 5.75 Å². The molecule has 1 N–H and O–H groups in total. The topological polar surface area (TPSA) is 21.3 Å². The maximum atomic E-state index is 5.61. The molecule has 90 valence electrons. The average Bonchev–Trinajstić information content (AvgIpc) is 2.33. The lowest BCUT2D eigenvalue weighted by atomic mass is 10.1. The normalized spacial score (nSPS) is 10.4. The Morgan fingerprint density at radius 2 is 1.88 bits per heavy atom. The minimum absolute atomic E-state index is 0.738. The van der Waals surface area contributed by atoms with Crippen LogP contribution in [-0.2, 0) is 6.42 Å². The molecule has 0 fully saturated rings. The van der Waals surface area contributed by atoms with Crippen molar-refractivity contribution >= 4 is 0 Å². The van der Waals surface area contributed by atoms with Gasteiger partial charge in [0.05, 0.1) is 0 Å². The lowest BCUT2D eigenvalue weighted by molar-refractivity contribution is 0.315. The first kappa shape index (κ1) is 13.0. The summed E-state index contributed by atoms with van der Waals surface area (Å²) in [7, 11) is 0. The Morgan fingerprint density at radius 3 is 2.50 bits per heavy atom. The van der Waals surface area contributed by atoms with Gasteiger partial charge in [0.25, 0.3) is 0 Å². The van der Waals surface area contributed by atoms with Gasteiger partial charge in [-0.1, -0.05) is 32.4 Å². The molecule has 0 saturated heterocycles. The minimum atomic E-state index is 0.738. The first-order valence-electron chi connectivity index (χ1n) is 6.29. The second-order valence-corrected chi connectivity index (χ2v) is 3.95. The van der Waals surface area contributed by atoms with Gasteiger partial charge in [0.15, 0.2) is 0 Å². The number of aryl methyl sites for hydroxylation is 1. The number of ether oxygens (including phenoxy) is 1. The predicted molar refractivity (Wildman–Crippen MR) is 69.1 cm³/mol. The van der Waals surface area contributed by atoms with Crippen molar-refractivity contribution in [1.29, 1.82) is 0 Å². The minimum Gasteiger partial charge on any atom is -0.492 e. The molecule has 0 atom stereocenters. The second kappa shape index (κ2) is 8.17. The quantitative estimate of drug-likeness (QED) is 0.681. The Labute approximate surface area is 99.0 Å². The summed E-state index contributed by atoms with van der Waals surface area (Å²) in [5.74, 6) is 0.971. The standard InChI is InChI=1S/C14H23NO/c1-3-5-6-13-7-9-14(10-8-13)16-12-11-15-4-2/h7-10,15H,3-6,11-12H2,1-2H3. The number of hydrogen-bond donors (Lipinski definition) is 1. The SMILES string of the molecule is CCCCc1ccc(OCCNCC)cc1. The van der Waals surface area contributed by atoms with E-state index in [1.54, 1.807) is 0 Å². The molecule has 0 heterocycles. The Bertz CT molecular complexity index is 269. The Kier molecular flexibility index (Phi) is 6.66. The zero-order valence-corrected chi connectivity index (χ0v) is 10.5. The van der Waals surface area contributed by atoms with Crippen LogP contribution in [0.2, 0.25) is 0 Å². The van der Waals surface area contributed by atoms with Crippen molar-refractivity contribution in [2.75, 3.05) is 19.7 Å². The van der Waals surface area contributed by atoms with Crippen LogP contribution >= 0.6 is 0 Å². The summed E-state index contributed by atoms with van der Waals surface area (Å²) in [5.41, 5.74) is 1.40. The molecule has 2 heteroatoms. The summed E-state index contributed by atoms with van der Waals surface area (Å²) in [4.78, 5) is 0. The Balaban J connectivity index is 2.27. The fraction of sp³-hybridized carbons (Fsp3) is 0.571. The van der Waals surface area contributed by atoms with Crippen LogP contribution in [-0.4, -0.2) is 19.7 Å². The smallest absolute Gasteiger partial charge is 0.119 e. The van der Waals surface area contributed by atoms with Gasteiger partial charge in [-0.2, -0.15) is 0 Å². The average molecular weight is 221 g/mol. The maximum Gasteiger partial charge on any atom is 0.119 e. The van der Waals surface area contributed by atoms with Gasteiger partial charge in [-0.15, -0.1) is 0 Å². The zero-order chi connectivity index (χ0) is 11.6. The van der Waals surface area contributed by atoms with Gasteiger partial charge < -0.3 is 10.1 Å². The van der Waals surface area contributed by atoms with Gasteiger partial charge in [0, 0.05) is 6.54 Å². The molecular formula is C14H23NO. The number of hydrogen-bond acceptors (Lipinski definition) is 2. The van der Waals surface area contributed by atoms with Crippen LogP contribution in [0.3, 0.4) is 0 Å². The summed E-state index contributed by atoms with van der Waals surface area (Å²) in [6, 6.07) is 8.46. The second-order valence-electron chi connectivity index (χ2n) is 3.95.